The van der Waals surface area contributed by atoms with Gasteiger partial charge in [0.15, 0.2) is 0 Å². The van der Waals surface area contributed by atoms with Crippen molar-refractivity contribution in [2.24, 2.45) is 17.6 Å². The number of nitrogens with one attached hydrogen (secondary N) is 1. The number of allylic oxidation sites excluding steroid dienone is 2. The summed E-state index contributed by atoms with van der Waals surface area (Å²) in [7, 11) is 0. The number of nitrogens with two attached hydrogens (primary N) is 1. The predicted octanol–water partition coefficient (Wildman–Crippen LogP) is 3.58. The van der Waals surface area contributed by atoms with Gasteiger partial charge in [0.25, 0.3) is 0 Å². The molecule has 3 N–H and O–H groups in total. The maximum atomic E-state index is 6.20. The lowest BCUT2D eigenvalue weighted by Crippen LogP contribution is -2.38. The highest BCUT2D eigenvalue weighted by Crippen LogP contribution is 2.29. The van der Waals surface area contributed by atoms with Crippen molar-refractivity contribution < 1.29 is 4.74 Å². The van der Waals surface area contributed by atoms with Gasteiger partial charge in [-0.1, -0.05) is 48.3 Å². The van der Waals surface area contributed by atoms with Crippen LogP contribution in [0.25, 0.3) is 5.70 Å². The van der Waals surface area contributed by atoms with E-state index in [0.717, 1.165) is 29.8 Å². The molecule has 1 aromatic rings. The SMILES string of the molecule is N/C(=C\NCC1CCC2C=CC=CC2O1)c1ccc(C#CC2CC2)cc1. The standard InChI is InChI=1S/C23H26N2O/c24-22(19-11-9-18(10-12-19)8-7-17-5-6-17)16-25-15-21-14-13-20-3-1-2-4-23(20)26-21/h1-4,9-12,16-17,20-21,23,25H,5-6,13-15,24H2/b22-16-. The van der Waals surface area contributed by atoms with E-state index in [9.17, 15) is 0 Å². The molecule has 3 nitrogen and oxygen atoms in total. The first-order valence-electron chi connectivity index (χ1n) is 9.59. The predicted molar refractivity (Wildman–Crippen MR) is 106 cm³/mol. The van der Waals surface area contributed by atoms with E-state index in [2.05, 4.69) is 41.5 Å². The Balaban J connectivity index is 1.27. The van der Waals surface area contributed by atoms with Crippen LogP contribution in [0.5, 0.6) is 0 Å². The Morgan fingerprint density at radius 2 is 1.92 bits per heavy atom. The number of ether oxygens (including phenoxy) is 1. The van der Waals surface area contributed by atoms with E-state index in [1.165, 1.54) is 19.3 Å². The van der Waals surface area contributed by atoms with Gasteiger partial charge in [-0.15, -0.1) is 0 Å². The van der Waals surface area contributed by atoms with Gasteiger partial charge in [0.1, 0.15) is 0 Å². The molecule has 2 aliphatic carbocycles. The van der Waals surface area contributed by atoms with Gasteiger partial charge < -0.3 is 15.8 Å². The molecule has 2 fully saturated rings. The topological polar surface area (TPSA) is 47.3 Å². The minimum absolute atomic E-state index is 0.228. The summed E-state index contributed by atoms with van der Waals surface area (Å²) in [6.45, 7) is 0.784. The van der Waals surface area contributed by atoms with Crippen molar-refractivity contribution in [3.63, 3.8) is 0 Å². The maximum absolute atomic E-state index is 6.20. The van der Waals surface area contributed by atoms with Crippen molar-refractivity contribution >= 4 is 5.70 Å². The Morgan fingerprint density at radius 1 is 1.12 bits per heavy atom. The molecule has 1 saturated carbocycles. The lowest BCUT2D eigenvalue weighted by atomic mass is 9.88. The highest BCUT2D eigenvalue weighted by molar-refractivity contribution is 5.63. The van der Waals surface area contributed by atoms with Gasteiger partial charge in [-0.05, 0) is 43.4 Å². The van der Waals surface area contributed by atoms with Crippen LogP contribution in [0, 0.1) is 23.7 Å². The summed E-state index contributed by atoms with van der Waals surface area (Å²) in [5, 5.41) is 3.33. The van der Waals surface area contributed by atoms with Crippen LogP contribution >= 0.6 is 0 Å². The molecule has 0 aromatic heterocycles. The smallest absolute Gasteiger partial charge is 0.0826 e. The molecule has 3 heteroatoms. The van der Waals surface area contributed by atoms with E-state index >= 15 is 0 Å². The summed E-state index contributed by atoms with van der Waals surface area (Å²) in [6.07, 6.45) is 15.7. The number of benzene rings is 1. The Morgan fingerprint density at radius 3 is 2.73 bits per heavy atom. The Labute approximate surface area is 156 Å². The van der Waals surface area contributed by atoms with Crippen LogP contribution in [0.15, 0.2) is 54.8 Å². The summed E-state index contributed by atoms with van der Waals surface area (Å²) >= 11 is 0. The summed E-state index contributed by atoms with van der Waals surface area (Å²) in [6, 6.07) is 8.15. The monoisotopic (exact) mass is 346 g/mol. The van der Waals surface area contributed by atoms with E-state index < -0.39 is 0 Å². The van der Waals surface area contributed by atoms with Crippen LogP contribution in [-0.2, 0) is 4.74 Å². The van der Waals surface area contributed by atoms with E-state index in [1.807, 2.05) is 30.5 Å². The second-order valence-corrected chi connectivity index (χ2v) is 7.36. The van der Waals surface area contributed by atoms with Crippen LogP contribution in [-0.4, -0.2) is 18.8 Å². The molecule has 1 heterocycles. The molecule has 1 aromatic carbocycles. The molecule has 0 amide bonds. The normalized spacial score (nSPS) is 27.4. The third-order valence-corrected chi connectivity index (χ3v) is 5.18. The highest BCUT2D eigenvalue weighted by atomic mass is 16.5. The van der Waals surface area contributed by atoms with E-state index in [0.29, 0.717) is 11.8 Å². The van der Waals surface area contributed by atoms with Crippen LogP contribution < -0.4 is 11.1 Å². The van der Waals surface area contributed by atoms with E-state index in [1.54, 1.807) is 0 Å². The summed E-state index contributed by atoms with van der Waals surface area (Å²) in [5.41, 5.74) is 9.01. The Bertz CT molecular complexity index is 775. The molecule has 0 radical (unpaired) electrons. The third kappa shape index (κ3) is 4.39. The van der Waals surface area contributed by atoms with Crippen molar-refractivity contribution in [1.29, 1.82) is 0 Å². The fourth-order valence-corrected chi connectivity index (χ4v) is 3.40. The molecule has 1 aliphatic heterocycles. The maximum Gasteiger partial charge on any atom is 0.0826 e. The highest BCUT2D eigenvalue weighted by Gasteiger charge is 2.28. The van der Waals surface area contributed by atoms with Gasteiger partial charge in [-0.2, -0.15) is 0 Å². The zero-order chi connectivity index (χ0) is 17.8. The number of hydrogen-bond acceptors (Lipinski definition) is 3. The molecule has 0 bridgehead atoms. The second kappa shape index (κ2) is 7.85. The average Bonchev–Trinajstić information content (AvgIpc) is 3.51. The summed E-state index contributed by atoms with van der Waals surface area (Å²) in [4.78, 5) is 0. The van der Waals surface area contributed by atoms with Crippen molar-refractivity contribution in [2.45, 2.75) is 37.9 Å². The summed E-state index contributed by atoms with van der Waals surface area (Å²) < 4.78 is 6.16. The molecule has 134 valence electrons. The van der Waals surface area contributed by atoms with E-state index in [4.69, 9.17) is 10.5 Å². The molecular formula is C23H26N2O. The zero-order valence-corrected chi connectivity index (χ0v) is 15.0. The Kier molecular flexibility index (Phi) is 5.13. The van der Waals surface area contributed by atoms with Gasteiger partial charge in [0.2, 0.25) is 0 Å². The first-order chi connectivity index (χ1) is 12.8. The van der Waals surface area contributed by atoms with Gasteiger partial charge in [-0.3, -0.25) is 0 Å². The quantitative estimate of drug-likeness (QED) is 0.819. The van der Waals surface area contributed by atoms with Gasteiger partial charge in [0.05, 0.1) is 17.9 Å². The van der Waals surface area contributed by atoms with Gasteiger partial charge in [-0.25, -0.2) is 0 Å². The van der Waals surface area contributed by atoms with Crippen molar-refractivity contribution in [2.75, 3.05) is 6.54 Å². The van der Waals surface area contributed by atoms with Crippen LogP contribution in [0.2, 0.25) is 0 Å². The minimum Gasteiger partial charge on any atom is -0.397 e. The molecule has 1 saturated heterocycles. The van der Waals surface area contributed by atoms with Crippen molar-refractivity contribution in [3.05, 3.63) is 65.9 Å². The largest absolute Gasteiger partial charge is 0.397 e. The zero-order valence-electron chi connectivity index (χ0n) is 15.0. The average molecular weight is 346 g/mol. The van der Waals surface area contributed by atoms with Gasteiger partial charge >= 0.3 is 0 Å². The second-order valence-electron chi connectivity index (χ2n) is 7.36. The fraction of sp³-hybridized carbons (Fsp3) is 0.391. The number of rotatable bonds is 4. The first kappa shape index (κ1) is 17.0. The lowest BCUT2D eigenvalue weighted by Gasteiger charge is -2.34. The molecule has 4 rings (SSSR count). The number of hydrogen-bond donors (Lipinski definition) is 2. The first-order valence-corrected chi connectivity index (χ1v) is 9.59. The molecule has 26 heavy (non-hydrogen) atoms. The molecule has 3 unspecified atom stereocenters. The Hall–Kier alpha value is -2.44. The molecular weight excluding hydrogens is 320 g/mol. The lowest BCUT2D eigenvalue weighted by molar-refractivity contribution is -0.0442. The van der Waals surface area contributed by atoms with Crippen molar-refractivity contribution in [3.8, 4) is 11.8 Å². The third-order valence-electron chi connectivity index (χ3n) is 5.18. The number of fused-ring (bicyclic) bond motifs is 1. The van der Waals surface area contributed by atoms with Crippen LogP contribution in [0.4, 0.5) is 0 Å². The van der Waals surface area contributed by atoms with Crippen LogP contribution in [0.1, 0.15) is 36.8 Å². The van der Waals surface area contributed by atoms with Crippen LogP contribution in [0.3, 0.4) is 0 Å². The minimum atomic E-state index is 0.228. The summed E-state index contributed by atoms with van der Waals surface area (Å²) in [5.74, 6) is 7.68. The van der Waals surface area contributed by atoms with Gasteiger partial charge in [0, 0.05) is 30.1 Å². The van der Waals surface area contributed by atoms with Crippen molar-refractivity contribution in [1.82, 2.24) is 5.32 Å². The molecule has 0 spiro atoms. The van der Waals surface area contributed by atoms with E-state index in [-0.39, 0.29) is 12.2 Å². The fourth-order valence-electron chi connectivity index (χ4n) is 3.40. The molecule has 3 atom stereocenters. The molecule has 3 aliphatic rings.